The lowest BCUT2D eigenvalue weighted by Gasteiger charge is -2.15. The molecular weight excluding hydrogens is 644 g/mol. The molecule has 0 spiro atoms. The maximum atomic E-state index is 12.5. The Morgan fingerprint density at radius 1 is 1.03 bits per heavy atom. The average Bonchev–Trinajstić information content (AvgIpc) is 3.13. The highest BCUT2D eigenvalue weighted by molar-refractivity contribution is 14.1. The maximum absolute atomic E-state index is 12.5. The fraction of sp³-hybridized carbons (Fsp3) is 0.154. The number of nitrogens with zero attached hydrogens (tertiary/aromatic N) is 1. The van der Waals surface area contributed by atoms with E-state index in [4.69, 9.17) is 14.2 Å². The molecule has 0 bridgehead atoms. The molecule has 1 aliphatic heterocycles. The Bertz CT molecular complexity index is 1270. The Morgan fingerprint density at radius 2 is 1.85 bits per heavy atom. The highest BCUT2D eigenvalue weighted by Gasteiger charge is 2.25. The van der Waals surface area contributed by atoms with Gasteiger partial charge in [0.15, 0.2) is 17.2 Å². The summed E-state index contributed by atoms with van der Waals surface area (Å²) in [4.78, 5) is 16.9. The summed E-state index contributed by atoms with van der Waals surface area (Å²) in [5.41, 5.74) is 3.91. The molecule has 0 fully saturated rings. The second kappa shape index (κ2) is 10.7. The lowest BCUT2D eigenvalue weighted by molar-refractivity contribution is -0.129. The summed E-state index contributed by atoms with van der Waals surface area (Å²) in [7, 11) is 0. The van der Waals surface area contributed by atoms with Crippen LogP contribution in [0, 0.1) is 14.1 Å². The number of esters is 1. The predicted octanol–water partition coefficient (Wildman–Crippen LogP) is 6.53. The highest BCUT2D eigenvalue weighted by Crippen LogP contribution is 2.36. The quantitative estimate of drug-likeness (QED) is 0.164. The Hall–Kier alpha value is -2.40. The molecule has 33 heavy (non-hydrogen) atoms. The van der Waals surface area contributed by atoms with Gasteiger partial charge in [-0.25, -0.2) is 9.79 Å². The number of hydrogen-bond donors (Lipinski definition) is 0. The van der Waals surface area contributed by atoms with Crippen molar-refractivity contribution in [3.05, 3.63) is 95.8 Å². The van der Waals surface area contributed by atoms with Gasteiger partial charge in [0, 0.05) is 9.13 Å². The van der Waals surface area contributed by atoms with Gasteiger partial charge in [0.1, 0.15) is 6.61 Å². The molecule has 0 atom stereocenters. The molecule has 1 aliphatic rings. The third kappa shape index (κ3) is 5.75. The van der Waals surface area contributed by atoms with Gasteiger partial charge in [0.05, 0.1) is 10.2 Å². The SMILES string of the molecule is CCOc1cc(/C=C2\N=C(c3ccccc3C)OC2=O)cc(I)c1OCc1cccc(I)c1. The summed E-state index contributed by atoms with van der Waals surface area (Å²) in [5.74, 6) is 1.15. The van der Waals surface area contributed by atoms with E-state index in [0.29, 0.717) is 30.6 Å². The normalized spacial score (nSPS) is 14.2. The van der Waals surface area contributed by atoms with Crippen LogP contribution in [0.25, 0.3) is 6.08 Å². The first-order valence-corrected chi connectivity index (χ1v) is 12.5. The molecule has 5 nitrogen and oxygen atoms in total. The molecule has 0 saturated carbocycles. The monoisotopic (exact) mass is 665 g/mol. The molecule has 3 aromatic rings. The summed E-state index contributed by atoms with van der Waals surface area (Å²) in [5, 5.41) is 0. The number of aryl methyl sites for hydroxylation is 1. The zero-order valence-corrected chi connectivity index (χ0v) is 22.4. The van der Waals surface area contributed by atoms with Gasteiger partial charge in [-0.1, -0.05) is 30.3 Å². The minimum atomic E-state index is -0.472. The molecule has 0 unspecified atom stereocenters. The molecule has 0 N–H and O–H groups in total. The average molecular weight is 665 g/mol. The van der Waals surface area contributed by atoms with Crippen LogP contribution in [0.15, 0.2) is 71.4 Å². The fourth-order valence-corrected chi connectivity index (χ4v) is 4.74. The van der Waals surface area contributed by atoms with Crippen LogP contribution >= 0.6 is 45.2 Å². The smallest absolute Gasteiger partial charge is 0.363 e. The van der Waals surface area contributed by atoms with Gasteiger partial charge in [-0.3, -0.25) is 0 Å². The van der Waals surface area contributed by atoms with Gasteiger partial charge in [-0.15, -0.1) is 0 Å². The van der Waals surface area contributed by atoms with Crippen LogP contribution in [-0.2, 0) is 16.1 Å². The number of benzene rings is 3. The van der Waals surface area contributed by atoms with E-state index in [1.807, 2.05) is 68.4 Å². The second-order valence-electron chi connectivity index (χ2n) is 7.33. The van der Waals surface area contributed by atoms with Crippen LogP contribution < -0.4 is 9.47 Å². The largest absolute Gasteiger partial charge is 0.490 e. The number of carbonyl (C=O) groups is 1. The molecular formula is C26H21I2NO4. The Balaban J connectivity index is 1.62. The van der Waals surface area contributed by atoms with Crippen LogP contribution in [0.4, 0.5) is 0 Å². The summed E-state index contributed by atoms with van der Waals surface area (Å²) in [6, 6.07) is 19.6. The minimum absolute atomic E-state index is 0.249. The van der Waals surface area contributed by atoms with E-state index in [2.05, 4.69) is 56.2 Å². The van der Waals surface area contributed by atoms with Crippen molar-refractivity contribution in [2.45, 2.75) is 20.5 Å². The first-order chi connectivity index (χ1) is 15.9. The van der Waals surface area contributed by atoms with Crippen LogP contribution in [-0.4, -0.2) is 18.5 Å². The van der Waals surface area contributed by atoms with Crippen molar-refractivity contribution >= 4 is 63.1 Å². The number of ether oxygens (including phenoxy) is 3. The summed E-state index contributed by atoms with van der Waals surface area (Å²) < 4.78 is 19.4. The van der Waals surface area contributed by atoms with Crippen LogP contribution in [0.1, 0.15) is 29.2 Å². The lowest BCUT2D eigenvalue weighted by Crippen LogP contribution is -2.06. The predicted molar refractivity (Wildman–Crippen MR) is 146 cm³/mol. The van der Waals surface area contributed by atoms with Crippen molar-refractivity contribution in [1.29, 1.82) is 0 Å². The third-order valence-electron chi connectivity index (χ3n) is 4.90. The standard InChI is InChI=1S/C26H21I2NO4/c1-3-31-23-14-18(12-21(28)24(23)32-15-17-8-6-9-19(27)11-17)13-22-26(30)33-25(29-22)20-10-5-4-7-16(20)2/h4-14H,3,15H2,1-2H3/b22-13-. The molecule has 4 rings (SSSR count). The molecule has 0 aliphatic carbocycles. The van der Waals surface area contributed by atoms with E-state index in [0.717, 1.165) is 29.4 Å². The van der Waals surface area contributed by atoms with Gasteiger partial charge in [-0.2, -0.15) is 0 Å². The van der Waals surface area contributed by atoms with Crippen LogP contribution in [0.2, 0.25) is 0 Å². The van der Waals surface area contributed by atoms with E-state index in [1.54, 1.807) is 6.08 Å². The number of aliphatic imine (C=N–C) groups is 1. The van der Waals surface area contributed by atoms with Gasteiger partial charge < -0.3 is 14.2 Å². The molecule has 0 radical (unpaired) electrons. The molecule has 3 aromatic carbocycles. The third-order valence-corrected chi connectivity index (χ3v) is 6.38. The molecule has 7 heteroatoms. The maximum Gasteiger partial charge on any atom is 0.363 e. The van der Waals surface area contributed by atoms with Gasteiger partial charge in [-0.05, 0) is 112 Å². The lowest BCUT2D eigenvalue weighted by atomic mass is 10.1. The fourth-order valence-electron chi connectivity index (χ4n) is 3.35. The van der Waals surface area contributed by atoms with Gasteiger partial charge in [0.2, 0.25) is 5.90 Å². The van der Waals surface area contributed by atoms with E-state index >= 15 is 0 Å². The first-order valence-electron chi connectivity index (χ1n) is 10.4. The number of hydrogen-bond acceptors (Lipinski definition) is 5. The minimum Gasteiger partial charge on any atom is -0.490 e. The second-order valence-corrected chi connectivity index (χ2v) is 9.74. The summed E-state index contributed by atoms with van der Waals surface area (Å²) in [6.07, 6.45) is 1.71. The molecule has 0 aromatic heterocycles. The highest BCUT2D eigenvalue weighted by atomic mass is 127. The first kappa shape index (κ1) is 23.7. The Morgan fingerprint density at radius 3 is 2.61 bits per heavy atom. The van der Waals surface area contributed by atoms with Crippen molar-refractivity contribution in [3.8, 4) is 11.5 Å². The van der Waals surface area contributed by atoms with Crippen molar-refractivity contribution < 1.29 is 19.0 Å². The zero-order valence-electron chi connectivity index (χ0n) is 18.1. The van der Waals surface area contributed by atoms with Gasteiger partial charge in [0.25, 0.3) is 0 Å². The van der Waals surface area contributed by atoms with E-state index in [-0.39, 0.29) is 5.70 Å². The van der Waals surface area contributed by atoms with Gasteiger partial charge >= 0.3 is 5.97 Å². The molecule has 1 heterocycles. The zero-order chi connectivity index (χ0) is 23.4. The Labute approximate surface area is 220 Å². The molecule has 0 amide bonds. The number of rotatable bonds is 7. The number of carbonyl (C=O) groups excluding carboxylic acids is 1. The van der Waals surface area contributed by atoms with E-state index in [1.165, 1.54) is 0 Å². The summed E-state index contributed by atoms with van der Waals surface area (Å²) >= 11 is 4.51. The Kier molecular flexibility index (Phi) is 7.69. The molecule has 168 valence electrons. The van der Waals surface area contributed by atoms with E-state index < -0.39 is 5.97 Å². The number of cyclic esters (lactones) is 1. The van der Waals surface area contributed by atoms with Crippen molar-refractivity contribution in [3.63, 3.8) is 0 Å². The topological polar surface area (TPSA) is 57.1 Å². The molecule has 0 saturated heterocycles. The van der Waals surface area contributed by atoms with Crippen molar-refractivity contribution in [2.75, 3.05) is 6.61 Å². The van der Waals surface area contributed by atoms with E-state index in [9.17, 15) is 4.79 Å². The summed E-state index contributed by atoms with van der Waals surface area (Å²) in [6.45, 7) is 4.81. The number of halogens is 2. The van der Waals surface area contributed by atoms with Crippen LogP contribution in [0.5, 0.6) is 11.5 Å². The van der Waals surface area contributed by atoms with Crippen molar-refractivity contribution in [1.82, 2.24) is 0 Å². The van der Waals surface area contributed by atoms with Crippen LogP contribution in [0.3, 0.4) is 0 Å². The van der Waals surface area contributed by atoms with Crippen molar-refractivity contribution in [2.24, 2.45) is 4.99 Å².